The van der Waals surface area contributed by atoms with E-state index in [9.17, 15) is 0 Å². The van der Waals surface area contributed by atoms with Crippen molar-refractivity contribution in [3.63, 3.8) is 0 Å². The third-order valence-electron chi connectivity index (χ3n) is 2.96. The third-order valence-corrected chi connectivity index (χ3v) is 2.96. The minimum absolute atomic E-state index is 0.550. The lowest BCUT2D eigenvalue weighted by Crippen LogP contribution is -2.22. The number of nitrogens with two attached hydrogens (primary N) is 1. The Kier molecular flexibility index (Phi) is 2.82. The van der Waals surface area contributed by atoms with Crippen LogP contribution in [0.25, 0.3) is 0 Å². The van der Waals surface area contributed by atoms with Gasteiger partial charge in [0.1, 0.15) is 11.6 Å². The molecular formula is C10H18N4. The first-order chi connectivity index (χ1) is 6.86. The van der Waals surface area contributed by atoms with Crippen molar-refractivity contribution in [1.29, 1.82) is 0 Å². The van der Waals surface area contributed by atoms with Crippen molar-refractivity contribution in [2.45, 2.75) is 45.1 Å². The van der Waals surface area contributed by atoms with E-state index < -0.39 is 0 Å². The Labute approximate surface area is 84.5 Å². The molecular weight excluding hydrogens is 176 g/mol. The fraction of sp³-hybridized carbons (Fsp3) is 0.800. The summed E-state index contributed by atoms with van der Waals surface area (Å²) in [4.78, 5) is 0. The van der Waals surface area contributed by atoms with Crippen LogP contribution >= 0.6 is 0 Å². The van der Waals surface area contributed by atoms with E-state index in [0.717, 1.165) is 37.5 Å². The number of aromatic nitrogens is 3. The Morgan fingerprint density at radius 3 is 3.07 bits per heavy atom. The van der Waals surface area contributed by atoms with Gasteiger partial charge in [-0.2, -0.15) is 0 Å². The van der Waals surface area contributed by atoms with Crippen LogP contribution in [0.4, 0.5) is 0 Å². The Morgan fingerprint density at radius 1 is 1.50 bits per heavy atom. The van der Waals surface area contributed by atoms with E-state index in [1.165, 1.54) is 12.8 Å². The van der Waals surface area contributed by atoms with E-state index in [1.54, 1.807) is 0 Å². The number of nitrogens with zero attached hydrogens (tertiary/aromatic N) is 3. The molecule has 0 bridgehead atoms. The third kappa shape index (κ3) is 1.54. The second kappa shape index (κ2) is 4.09. The van der Waals surface area contributed by atoms with Crippen LogP contribution in [0.1, 0.15) is 43.9 Å². The zero-order chi connectivity index (χ0) is 9.97. The van der Waals surface area contributed by atoms with Gasteiger partial charge in [-0.05, 0) is 25.8 Å². The van der Waals surface area contributed by atoms with E-state index in [1.807, 2.05) is 0 Å². The Morgan fingerprint density at radius 2 is 2.36 bits per heavy atom. The molecule has 0 saturated carbocycles. The first-order valence-electron chi connectivity index (χ1n) is 5.49. The zero-order valence-corrected chi connectivity index (χ0v) is 8.74. The maximum absolute atomic E-state index is 5.62. The second-order valence-corrected chi connectivity index (χ2v) is 3.88. The predicted molar refractivity (Wildman–Crippen MR) is 55.0 cm³/mol. The average Bonchev–Trinajstić information content (AvgIpc) is 2.62. The second-order valence-electron chi connectivity index (χ2n) is 3.88. The lowest BCUT2D eigenvalue weighted by molar-refractivity contribution is 0.370. The quantitative estimate of drug-likeness (QED) is 0.783. The zero-order valence-electron chi connectivity index (χ0n) is 8.74. The number of fused-ring (bicyclic) bond motifs is 1. The van der Waals surface area contributed by atoms with E-state index in [4.69, 9.17) is 5.73 Å². The van der Waals surface area contributed by atoms with E-state index in [-0.39, 0.29) is 0 Å². The first-order valence-corrected chi connectivity index (χ1v) is 5.49. The highest BCUT2D eigenvalue weighted by Crippen LogP contribution is 2.27. The highest BCUT2D eigenvalue weighted by Gasteiger charge is 2.22. The lowest BCUT2D eigenvalue weighted by Gasteiger charge is -2.25. The molecule has 0 aliphatic carbocycles. The minimum Gasteiger partial charge on any atom is -0.330 e. The summed E-state index contributed by atoms with van der Waals surface area (Å²) in [5.74, 6) is 2.28. The van der Waals surface area contributed by atoms with Crippen molar-refractivity contribution in [1.82, 2.24) is 14.8 Å². The van der Waals surface area contributed by atoms with Crippen molar-refractivity contribution < 1.29 is 0 Å². The van der Waals surface area contributed by atoms with Gasteiger partial charge in [0.05, 0.1) is 0 Å². The van der Waals surface area contributed by atoms with E-state index in [2.05, 4.69) is 21.7 Å². The van der Waals surface area contributed by atoms with Crippen LogP contribution in [0, 0.1) is 0 Å². The molecule has 4 heteroatoms. The summed E-state index contributed by atoms with van der Waals surface area (Å²) < 4.78 is 2.32. The molecule has 0 radical (unpaired) electrons. The molecule has 0 amide bonds. The molecule has 1 aliphatic heterocycles. The molecule has 1 unspecified atom stereocenters. The van der Waals surface area contributed by atoms with Gasteiger partial charge in [0.25, 0.3) is 0 Å². The molecule has 1 aromatic rings. The standard InChI is InChI=1S/C10H18N4/c1-2-9-12-13-10-5-3-4-8(6-7-11)14(9)10/h8H,2-7,11H2,1H3. The van der Waals surface area contributed by atoms with Crippen LogP contribution in [0.15, 0.2) is 0 Å². The fourth-order valence-corrected chi connectivity index (χ4v) is 2.28. The van der Waals surface area contributed by atoms with Gasteiger partial charge in [-0.25, -0.2) is 0 Å². The summed E-state index contributed by atoms with van der Waals surface area (Å²) in [6.07, 6.45) is 5.56. The van der Waals surface area contributed by atoms with Crippen LogP contribution in [0.2, 0.25) is 0 Å². The lowest BCUT2D eigenvalue weighted by atomic mass is 10.0. The molecule has 2 heterocycles. The van der Waals surface area contributed by atoms with Crippen molar-refractivity contribution in [2.75, 3.05) is 6.54 Å². The summed E-state index contributed by atoms with van der Waals surface area (Å²) in [5, 5.41) is 8.45. The van der Waals surface area contributed by atoms with Crippen molar-refractivity contribution in [3.8, 4) is 0 Å². The largest absolute Gasteiger partial charge is 0.330 e. The van der Waals surface area contributed by atoms with Crippen LogP contribution in [0.3, 0.4) is 0 Å². The molecule has 0 fully saturated rings. The number of rotatable bonds is 3. The molecule has 78 valence electrons. The molecule has 0 saturated heterocycles. The van der Waals surface area contributed by atoms with Crippen molar-refractivity contribution in [3.05, 3.63) is 11.6 Å². The molecule has 4 nitrogen and oxygen atoms in total. The van der Waals surface area contributed by atoms with Crippen LogP contribution in [0.5, 0.6) is 0 Å². The number of aryl methyl sites for hydroxylation is 2. The smallest absolute Gasteiger partial charge is 0.133 e. The van der Waals surface area contributed by atoms with Gasteiger partial charge < -0.3 is 10.3 Å². The van der Waals surface area contributed by atoms with Crippen LogP contribution in [-0.2, 0) is 12.8 Å². The highest BCUT2D eigenvalue weighted by molar-refractivity contribution is 5.02. The van der Waals surface area contributed by atoms with Crippen molar-refractivity contribution in [2.24, 2.45) is 5.73 Å². The summed E-state index contributed by atoms with van der Waals surface area (Å²) in [7, 11) is 0. The Balaban J connectivity index is 2.30. The topological polar surface area (TPSA) is 56.7 Å². The van der Waals surface area contributed by atoms with E-state index >= 15 is 0 Å². The van der Waals surface area contributed by atoms with Crippen LogP contribution in [-0.4, -0.2) is 21.3 Å². The molecule has 1 aromatic heterocycles. The monoisotopic (exact) mass is 194 g/mol. The molecule has 0 aromatic carbocycles. The van der Waals surface area contributed by atoms with Gasteiger partial charge in [-0.3, -0.25) is 0 Å². The SMILES string of the molecule is CCc1nnc2n1C(CCN)CCC2. The maximum atomic E-state index is 5.62. The predicted octanol–water partition coefficient (Wildman–Crippen LogP) is 1.07. The summed E-state index contributed by atoms with van der Waals surface area (Å²) in [5.41, 5.74) is 5.62. The van der Waals surface area contributed by atoms with Gasteiger partial charge in [0.2, 0.25) is 0 Å². The average molecular weight is 194 g/mol. The Bertz CT molecular complexity index is 292. The van der Waals surface area contributed by atoms with Gasteiger partial charge in [-0.15, -0.1) is 10.2 Å². The van der Waals surface area contributed by atoms with Gasteiger partial charge in [0, 0.05) is 18.9 Å². The van der Waals surface area contributed by atoms with Gasteiger partial charge in [-0.1, -0.05) is 6.92 Å². The summed E-state index contributed by atoms with van der Waals surface area (Å²) in [6, 6.07) is 0.550. The molecule has 2 N–H and O–H groups in total. The summed E-state index contributed by atoms with van der Waals surface area (Å²) in [6.45, 7) is 2.89. The van der Waals surface area contributed by atoms with E-state index in [0.29, 0.717) is 6.04 Å². The van der Waals surface area contributed by atoms with Crippen molar-refractivity contribution >= 4 is 0 Å². The molecule has 2 rings (SSSR count). The fourth-order valence-electron chi connectivity index (χ4n) is 2.28. The molecule has 1 atom stereocenters. The highest BCUT2D eigenvalue weighted by atomic mass is 15.3. The Hall–Kier alpha value is -0.900. The molecule has 0 spiro atoms. The van der Waals surface area contributed by atoms with Crippen LogP contribution < -0.4 is 5.73 Å². The molecule has 1 aliphatic rings. The van der Waals surface area contributed by atoms with Gasteiger partial charge >= 0.3 is 0 Å². The van der Waals surface area contributed by atoms with Gasteiger partial charge in [0.15, 0.2) is 0 Å². The summed E-state index contributed by atoms with van der Waals surface area (Å²) >= 11 is 0. The maximum Gasteiger partial charge on any atom is 0.133 e. The first kappa shape index (κ1) is 9.65. The number of hydrogen-bond donors (Lipinski definition) is 1. The normalized spacial score (nSPS) is 20.9. The molecule has 14 heavy (non-hydrogen) atoms. The minimum atomic E-state index is 0.550. The number of hydrogen-bond acceptors (Lipinski definition) is 3.